The molecule has 5 N–H and O–H groups in total. The maximum absolute atomic E-state index is 10.3. The van der Waals surface area contributed by atoms with E-state index in [4.69, 9.17) is 19.9 Å². The third-order valence-electron chi connectivity index (χ3n) is 1.34. The van der Waals surface area contributed by atoms with Crippen LogP contribution in [0.15, 0.2) is 0 Å². The molecular formula is C6H15NO6S. The summed E-state index contributed by atoms with van der Waals surface area (Å²) in [7, 11) is -4.19. The first-order valence-electron chi connectivity index (χ1n) is 3.93. The normalized spacial score (nSPS) is 15.5. The Bertz CT molecular complexity index is 256. The van der Waals surface area contributed by atoms with Crippen molar-refractivity contribution in [3.05, 3.63) is 0 Å². The van der Waals surface area contributed by atoms with Crippen molar-refractivity contribution in [2.24, 2.45) is 0 Å². The van der Waals surface area contributed by atoms with Crippen LogP contribution in [-0.4, -0.2) is 52.6 Å². The Morgan fingerprint density at radius 1 is 1.43 bits per heavy atom. The molecule has 1 unspecified atom stereocenters. The van der Waals surface area contributed by atoms with E-state index in [1.54, 1.807) is 0 Å². The van der Waals surface area contributed by atoms with Gasteiger partial charge in [-0.25, -0.2) is 0 Å². The Labute approximate surface area is 82.1 Å². The molecule has 0 aliphatic carbocycles. The van der Waals surface area contributed by atoms with Crippen molar-refractivity contribution in [3.63, 3.8) is 0 Å². The molecule has 86 valence electrons. The Morgan fingerprint density at radius 2 is 1.93 bits per heavy atom. The third-order valence-corrected chi connectivity index (χ3v) is 2.15. The van der Waals surface area contributed by atoms with Gasteiger partial charge in [0.25, 0.3) is 10.1 Å². The van der Waals surface area contributed by atoms with Crippen molar-refractivity contribution in [1.82, 2.24) is 5.32 Å². The van der Waals surface area contributed by atoms with Crippen molar-refractivity contribution in [1.29, 1.82) is 0 Å². The minimum Gasteiger partial charge on any atom is -0.392 e. The minimum atomic E-state index is -4.19. The van der Waals surface area contributed by atoms with E-state index in [0.29, 0.717) is 0 Å². The summed E-state index contributed by atoms with van der Waals surface area (Å²) in [6.45, 7) is 1.10. The summed E-state index contributed by atoms with van der Waals surface area (Å²) in [5, 5.41) is 28.8. The van der Waals surface area contributed by atoms with E-state index < -0.39 is 27.9 Å². The number of nitrogens with one attached hydrogen (secondary N) is 1. The summed E-state index contributed by atoms with van der Waals surface area (Å²) >= 11 is 0. The Balaban J connectivity index is 3.71. The van der Waals surface area contributed by atoms with Crippen LogP contribution in [0.25, 0.3) is 0 Å². The first-order chi connectivity index (χ1) is 6.10. The Morgan fingerprint density at radius 3 is 2.29 bits per heavy atom. The molecule has 0 heterocycles. The van der Waals surface area contributed by atoms with E-state index in [0.717, 1.165) is 6.92 Å². The van der Waals surface area contributed by atoms with E-state index in [1.165, 1.54) is 0 Å². The highest BCUT2D eigenvalue weighted by atomic mass is 32.2. The zero-order valence-electron chi connectivity index (χ0n) is 7.71. The first-order valence-corrected chi connectivity index (χ1v) is 5.54. The molecule has 0 aromatic rings. The molecule has 1 atom stereocenters. The number of aliphatic hydroxyl groups excluding tert-OH is 1. The van der Waals surface area contributed by atoms with Crippen molar-refractivity contribution in [3.8, 4) is 0 Å². The lowest BCUT2D eigenvalue weighted by molar-refractivity contribution is -0.169. The van der Waals surface area contributed by atoms with E-state index in [2.05, 4.69) is 5.32 Å². The zero-order chi connectivity index (χ0) is 11.4. The quantitative estimate of drug-likeness (QED) is 0.260. The van der Waals surface area contributed by atoms with E-state index in [-0.39, 0.29) is 13.0 Å². The molecule has 0 aliphatic heterocycles. The van der Waals surface area contributed by atoms with Crippen LogP contribution < -0.4 is 5.32 Å². The molecule has 0 saturated carbocycles. The number of rotatable bonds is 6. The molecule has 0 fully saturated rings. The molecule has 7 nitrogen and oxygen atoms in total. The van der Waals surface area contributed by atoms with Gasteiger partial charge in [0.15, 0.2) is 0 Å². The monoisotopic (exact) mass is 229 g/mol. The van der Waals surface area contributed by atoms with Gasteiger partial charge in [0, 0.05) is 13.5 Å². The van der Waals surface area contributed by atoms with E-state index in [9.17, 15) is 8.42 Å². The Kier molecular flexibility index (Phi) is 4.92. The summed E-state index contributed by atoms with van der Waals surface area (Å²) in [6, 6.07) is 0. The standard InChI is InChI=1S/C6H15NO6S/c1-6(9,10)7-3-2-5(8)4-14(11,12)13/h5,7-10H,2-4H2,1H3,(H,11,12,13). The van der Waals surface area contributed by atoms with Gasteiger partial charge in [-0.15, -0.1) is 0 Å². The van der Waals surface area contributed by atoms with Gasteiger partial charge in [-0.1, -0.05) is 0 Å². The van der Waals surface area contributed by atoms with Gasteiger partial charge in [-0.2, -0.15) is 8.42 Å². The van der Waals surface area contributed by atoms with Crippen LogP contribution in [0, 0.1) is 0 Å². The minimum absolute atomic E-state index is 0.0141. The van der Waals surface area contributed by atoms with Gasteiger partial charge in [-0.3, -0.25) is 9.87 Å². The van der Waals surface area contributed by atoms with Gasteiger partial charge in [-0.05, 0) is 6.42 Å². The molecule has 14 heavy (non-hydrogen) atoms. The molecule has 0 amide bonds. The van der Waals surface area contributed by atoms with Crippen LogP contribution in [0.3, 0.4) is 0 Å². The van der Waals surface area contributed by atoms with Crippen LogP contribution in [0.2, 0.25) is 0 Å². The smallest absolute Gasteiger partial charge is 0.267 e. The fourth-order valence-electron chi connectivity index (χ4n) is 0.802. The zero-order valence-corrected chi connectivity index (χ0v) is 8.53. The van der Waals surface area contributed by atoms with Gasteiger partial charge in [0.1, 0.15) is 5.75 Å². The summed E-state index contributed by atoms with van der Waals surface area (Å²) in [6.07, 6.45) is -1.25. The second kappa shape index (κ2) is 5.01. The molecule has 0 bridgehead atoms. The summed E-state index contributed by atoms with van der Waals surface area (Å²) in [5.74, 6) is -2.82. The molecule has 0 aromatic heterocycles. The van der Waals surface area contributed by atoms with Crippen LogP contribution >= 0.6 is 0 Å². The number of hydrogen-bond donors (Lipinski definition) is 5. The largest absolute Gasteiger partial charge is 0.392 e. The second-order valence-corrected chi connectivity index (χ2v) is 4.64. The number of hydrogen-bond acceptors (Lipinski definition) is 6. The van der Waals surface area contributed by atoms with Crippen molar-refractivity contribution in [2.45, 2.75) is 25.4 Å². The lowest BCUT2D eigenvalue weighted by atomic mass is 10.3. The molecule has 0 spiro atoms. The Hall–Kier alpha value is -0.250. The van der Waals surface area contributed by atoms with Gasteiger partial charge in [0.05, 0.1) is 6.10 Å². The van der Waals surface area contributed by atoms with Gasteiger partial charge >= 0.3 is 0 Å². The van der Waals surface area contributed by atoms with Gasteiger partial charge < -0.3 is 15.3 Å². The second-order valence-electron chi connectivity index (χ2n) is 3.14. The lowest BCUT2D eigenvalue weighted by Gasteiger charge is -2.18. The first kappa shape index (κ1) is 13.8. The average Bonchev–Trinajstić information content (AvgIpc) is 1.78. The fourth-order valence-corrected chi connectivity index (χ4v) is 1.45. The molecular weight excluding hydrogens is 214 g/mol. The maximum atomic E-state index is 10.3. The topological polar surface area (TPSA) is 127 Å². The van der Waals surface area contributed by atoms with Crippen molar-refractivity contribution < 1.29 is 28.3 Å². The lowest BCUT2D eigenvalue weighted by Crippen LogP contribution is -2.43. The van der Waals surface area contributed by atoms with Gasteiger partial charge in [0.2, 0.25) is 5.91 Å². The van der Waals surface area contributed by atoms with Crippen LogP contribution in [0.5, 0.6) is 0 Å². The average molecular weight is 229 g/mol. The molecule has 0 aliphatic rings. The van der Waals surface area contributed by atoms with Crippen LogP contribution in [-0.2, 0) is 10.1 Å². The third kappa shape index (κ3) is 9.84. The highest BCUT2D eigenvalue weighted by molar-refractivity contribution is 7.85. The molecule has 8 heteroatoms. The highest BCUT2D eigenvalue weighted by Crippen LogP contribution is 1.97. The molecule has 0 saturated heterocycles. The summed E-state index contributed by atoms with van der Waals surface area (Å²) < 4.78 is 28.9. The maximum Gasteiger partial charge on any atom is 0.267 e. The fraction of sp³-hybridized carbons (Fsp3) is 1.00. The highest BCUT2D eigenvalue weighted by Gasteiger charge is 2.17. The van der Waals surface area contributed by atoms with Crippen molar-refractivity contribution in [2.75, 3.05) is 12.3 Å². The molecule has 0 radical (unpaired) electrons. The van der Waals surface area contributed by atoms with E-state index in [1.807, 2.05) is 0 Å². The van der Waals surface area contributed by atoms with Crippen LogP contribution in [0.4, 0.5) is 0 Å². The predicted octanol–water partition coefficient (Wildman–Crippen LogP) is -2.13. The summed E-state index contributed by atoms with van der Waals surface area (Å²) in [4.78, 5) is 0. The van der Waals surface area contributed by atoms with Crippen LogP contribution in [0.1, 0.15) is 13.3 Å². The molecule has 0 rings (SSSR count). The van der Waals surface area contributed by atoms with E-state index >= 15 is 0 Å². The van der Waals surface area contributed by atoms with Crippen molar-refractivity contribution >= 4 is 10.1 Å². The molecule has 0 aromatic carbocycles. The number of aliphatic hydroxyl groups is 3. The summed E-state index contributed by atoms with van der Waals surface area (Å²) in [5.41, 5.74) is 0. The SMILES string of the molecule is CC(O)(O)NCCC(O)CS(=O)(=O)O. The predicted molar refractivity (Wildman–Crippen MR) is 47.9 cm³/mol.